The van der Waals surface area contributed by atoms with Crippen LogP contribution in [0.5, 0.6) is 0 Å². The van der Waals surface area contributed by atoms with Gasteiger partial charge in [0.15, 0.2) is 5.82 Å². The third-order valence-electron chi connectivity index (χ3n) is 5.25. The van der Waals surface area contributed by atoms with Crippen LogP contribution in [-0.2, 0) is 0 Å². The summed E-state index contributed by atoms with van der Waals surface area (Å²) >= 11 is 0. The first kappa shape index (κ1) is 16.2. The first-order valence-corrected chi connectivity index (χ1v) is 9.18. The van der Waals surface area contributed by atoms with Crippen molar-refractivity contribution in [2.24, 2.45) is 5.92 Å². The lowest BCUT2D eigenvalue weighted by atomic mass is 9.94. The molecule has 2 aliphatic rings. The molecule has 5 nitrogen and oxygen atoms in total. The zero-order valence-electron chi connectivity index (χ0n) is 14.4. The largest absolute Gasteiger partial charge is 0.305 e. The number of hydrogen-bond donors (Lipinski definition) is 1. The number of pyridine rings is 1. The molecule has 130 valence electrons. The zero-order valence-corrected chi connectivity index (χ0v) is 14.4. The minimum absolute atomic E-state index is 0.0958. The fourth-order valence-corrected chi connectivity index (χ4v) is 3.94. The number of likely N-dealkylation sites (tertiary alicyclic amines) is 1. The Labute approximate surface area is 147 Å². The van der Waals surface area contributed by atoms with Crippen LogP contribution in [0.3, 0.4) is 0 Å². The fraction of sp³-hybridized carbons (Fsp3) is 0.450. The maximum Gasteiger partial charge on any atom is 0.251 e. The van der Waals surface area contributed by atoms with Crippen molar-refractivity contribution >= 4 is 0 Å². The van der Waals surface area contributed by atoms with Crippen LogP contribution >= 0.6 is 0 Å². The number of aromatic nitrogens is 3. The number of allylic oxidation sites excluding steroid dienone is 2. The first-order valence-electron chi connectivity index (χ1n) is 9.18. The van der Waals surface area contributed by atoms with Gasteiger partial charge in [0, 0.05) is 31.3 Å². The molecule has 0 spiro atoms. The Morgan fingerprint density at radius 1 is 1.24 bits per heavy atom. The lowest BCUT2D eigenvalue weighted by Crippen LogP contribution is -2.28. The molecule has 0 bridgehead atoms. The molecule has 2 atom stereocenters. The number of nitrogens with one attached hydrogen (secondary N) is 1. The summed E-state index contributed by atoms with van der Waals surface area (Å²) in [7, 11) is 0. The minimum atomic E-state index is -0.0958. The van der Waals surface area contributed by atoms with E-state index >= 15 is 0 Å². The molecule has 1 saturated heterocycles. The average molecular weight is 336 g/mol. The third-order valence-corrected chi connectivity index (χ3v) is 5.25. The maximum absolute atomic E-state index is 12.1. The second kappa shape index (κ2) is 7.31. The van der Waals surface area contributed by atoms with E-state index < -0.39 is 0 Å². The van der Waals surface area contributed by atoms with Gasteiger partial charge in [0.25, 0.3) is 5.56 Å². The van der Waals surface area contributed by atoms with Crippen molar-refractivity contribution in [3.63, 3.8) is 0 Å². The number of rotatable bonds is 4. The van der Waals surface area contributed by atoms with Crippen LogP contribution in [0.15, 0.2) is 47.4 Å². The quantitative estimate of drug-likeness (QED) is 0.872. The minimum Gasteiger partial charge on any atom is -0.305 e. The molecular weight excluding hydrogens is 312 g/mol. The predicted molar refractivity (Wildman–Crippen MR) is 98.4 cm³/mol. The van der Waals surface area contributed by atoms with E-state index in [2.05, 4.69) is 27.0 Å². The lowest BCUT2D eigenvalue weighted by molar-refractivity contribution is 0.263. The second-order valence-corrected chi connectivity index (χ2v) is 7.13. The molecule has 3 heterocycles. The van der Waals surface area contributed by atoms with Crippen LogP contribution in [0, 0.1) is 5.92 Å². The predicted octanol–water partition coefficient (Wildman–Crippen LogP) is 2.98. The summed E-state index contributed by atoms with van der Waals surface area (Å²) in [5, 5.41) is 0. The number of aromatic amines is 1. The summed E-state index contributed by atoms with van der Waals surface area (Å²) in [5.41, 5.74) is 1.52. The highest BCUT2D eigenvalue weighted by molar-refractivity contribution is 5.48. The van der Waals surface area contributed by atoms with Crippen molar-refractivity contribution in [3.05, 3.63) is 58.7 Å². The molecule has 4 rings (SSSR count). The molecule has 0 unspecified atom stereocenters. The zero-order chi connectivity index (χ0) is 17.1. The van der Waals surface area contributed by atoms with Crippen molar-refractivity contribution < 1.29 is 0 Å². The highest BCUT2D eigenvalue weighted by atomic mass is 16.1. The van der Waals surface area contributed by atoms with E-state index in [4.69, 9.17) is 4.98 Å². The van der Waals surface area contributed by atoms with Crippen molar-refractivity contribution in [1.29, 1.82) is 0 Å². The molecular formula is C20H24N4O. The highest BCUT2D eigenvalue weighted by Crippen LogP contribution is 2.28. The van der Waals surface area contributed by atoms with Crippen LogP contribution in [-0.4, -0.2) is 39.5 Å². The molecule has 25 heavy (non-hydrogen) atoms. The van der Waals surface area contributed by atoms with Crippen LogP contribution in [0.2, 0.25) is 0 Å². The molecule has 0 aromatic carbocycles. The second-order valence-electron chi connectivity index (χ2n) is 7.13. The van der Waals surface area contributed by atoms with E-state index in [1.54, 1.807) is 12.3 Å². The average Bonchev–Trinajstić information content (AvgIpc) is 3.11. The maximum atomic E-state index is 12.1. The van der Waals surface area contributed by atoms with Gasteiger partial charge in [-0.2, -0.15) is 0 Å². The highest BCUT2D eigenvalue weighted by Gasteiger charge is 2.27. The van der Waals surface area contributed by atoms with Crippen molar-refractivity contribution in [2.75, 3.05) is 19.6 Å². The Hall–Kier alpha value is -2.27. The smallest absolute Gasteiger partial charge is 0.251 e. The lowest BCUT2D eigenvalue weighted by Gasteiger charge is -2.24. The summed E-state index contributed by atoms with van der Waals surface area (Å²) in [6, 6.07) is 7.30. The van der Waals surface area contributed by atoms with E-state index in [0.29, 0.717) is 17.4 Å². The van der Waals surface area contributed by atoms with E-state index in [0.717, 1.165) is 37.7 Å². The molecule has 0 amide bonds. The summed E-state index contributed by atoms with van der Waals surface area (Å²) in [6.45, 7) is 3.26. The molecule has 1 fully saturated rings. The van der Waals surface area contributed by atoms with Crippen LogP contribution in [0.4, 0.5) is 0 Å². The summed E-state index contributed by atoms with van der Waals surface area (Å²) < 4.78 is 0. The Morgan fingerprint density at radius 3 is 3.00 bits per heavy atom. The van der Waals surface area contributed by atoms with Crippen molar-refractivity contribution in [3.8, 4) is 11.5 Å². The summed E-state index contributed by atoms with van der Waals surface area (Å²) in [5.74, 6) is 1.68. The summed E-state index contributed by atoms with van der Waals surface area (Å²) in [6.07, 6.45) is 11.1. The molecule has 1 aliphatic heterocycles. The molecule has 0 radical (unpaired) electrons. The Bertz CT molecular complexity index is 799. The van der Waals surface area contributed by atoms with E-state index in [-0.39, 0.29) is 5.56 Å². The van der Waals surface area contributed by atoms with E-state index in [1.807, 2.05) is 18.2 Å². The van der Waals surface area contributed by atoms with E-state index in [9.17, 15) is 4.79 Å². The Morgan fingerprint density at radius 2 is 2.20 bits per heavy atom. The molecule has 0 saturated carbocycles. The molecule has 2 aromatic rings. The Balaban J connectivity index is 1.48. The monoisotopic (exact) mass is 336 g/mol. The fourth-order valence-electron chi connectivity index (χ4n) is 3.94. The first-order chi connectivity index (χ1) is 12.3. The van der Waals surface area contributed by atoms with E-state index in [1.165, 1.54) is 19.3 Å². The van der Waals surface area contributed by atoms with Gasteiger partial charge in [-0.1, -0.05) is 18.2 Å². The molecule has 1 aliphatic carbocycles. The normalized spacial score (nSPS) is 23.8. The SMILES string of the molecule is O=c1cc([C@@H]2CCN(C[C@H]3CC=CCC3)C2)nc(-c2ccccn2)[nH]1. The third kappa shape index (κ3) is 3.87. The standard InChI is InChI=1S/C20H24N4O/c25-19-12-18(22-20(23-19)17-8-4-5-10-21-17)16-9-11-24(14-16)13-15-6-2-1-3-7-15/h1-2,4-5,8,10,12,15-16H,3,6-7,9,11,13-14H2,(H,22,23,25)/t15-,16+/m0/s1. The van der Waals surface area contributed by atoms with Gasteiger partial charge in [-0.05, 0) is 50.3 Å². The molecule has 1 N–H and O–H groups in total. The Kier molecular flexibility index (Phi) is 4.74. The number of hydrogen-bond acceptors (Lipinski definition) is 4. The van der Waals surface area contributed by atoms with Crippen molar-refractivity contribution in [2.45, 2.75) is 31.6 Å². The van der Waals surface area contributed by atoms with Gasteiger partial charge in [-0.25, -0.2) is 4.98 Å². The van der Waals surface area contributed by atoms with Gasteiger partial charge in [0.1, 0.15) is 5.69 Å². The number of nitrogens with zero attached hydrogens (tertiary/aromatic N) is 3. The van der Waals surface area contributed by atoms with Gasteiger partial charge in [0.2, 0.25) is 0 Å². The van der Waals surface area contributed by atoms with Gasteiger partial charge in [-0.3, -0.25) is 9.78 Å². The van der Waals surface area contributed by atoms with Crippen LogP contribution in [0.1, 0.15) is 37.3 Å². The van der Waals surface area contributed by atoms with Gasteiger partial charge >= 0.3 is 0 Å². The van der Waals surface area contributed by atoms with Gasteiger partial charge in [-0.15, -0.1) is 0 Å². The summed E-state index contributed by atoms with van der Waals surface area (Å²) in [4.78, 5) is 26.5. The molecule has 5 heteroatoms. The topological polar surface area (TPSA) is 61.9 Å². The molecule has 2 aromatic heterocycles. The van der Waals surface area contributed by atoms with Gasteiger partial charge in [0.05, 0.1) is 5.69 Å². The van der Waals surface area contributed by atoms with Crippen LogP contribution < -0.4 is 5.56 Å². The number of H-pyrrole nitrogens is 1. The van der Waals surface area contributed by atoms with Crippen molar-refractivity contribution in [1.82, 2.24) is 19.9 Å². The van der Waals surface area contributed by atoms with Gasteiger partial charge < -0.3 is 9.88 Å². The van der Waals surface area contributed by atoms with Crippen LogP contribution in [0.25, 0.3) is 11.5 Å².